The molecule has 0 amide bonds. The normalized spacial score (nSPS) is 14.3. The summed E-state index contributed by atoms with van der Waals surface area (Å²) in [4.78, 5) is 0. The van der Waals surface area contributed by atoms with Crippen LogP contribution in [0.5, 0.6) is 0 Å². The molecule has 0 saturated heterocycles. The molecule has 0 aliphatic carbocycles. The van der Waals surface area contributed by atoms with Gasteiger partial charge in [-0.05, 0) is 17.7 Å². The fourth-order valence-electron chi connectivity index (χ4n) is 1.48. The van der Waals surface area contributed by atoms with Crippen molar-refractivity contribution >= 4 is 0 Å². The van der Waals surface area contributed by atoms with E-state index in [4.69, 9.17) is 0 Å². The summed E-state index contributed by atoms with van der Waals surface area (Å²) in [7, 11) is 0. The van der Waals surface area contributed by atoms with E-state index in [0.717, 1.165) is 24.3 Å². The maximum Gasteiger partial charge on any atom is 0.416 e. The summed E-state index contributed by atoms with van der Waals surface area (Å²) in [5, 5.41) is 12.0. The third-order valence-corrected chi connectivity index (χ3v) is 2.55. The summed E-state index contributed by atoms with van der Waals surface area (Å²) in [6.45, 7) is -0.525. The van der Waals surface area contributed by atoms with Crippen LogP contribution in [0.4, 0.5) is 26.3 Å². The SMILES string of the molecule is OC(CNCCC(F)(F)F)c1ccc(C(F)(F)F)cc1. The summed E-state index contributed by atoms with van der Waals surface area (Å²) < 4.78 is 72.4. The predicted octanol–water partition coefficient (Wildman–Crippen LogP) is 3.28. The minimum atomic E-state index is -4.46. The molecule has 0 fully saturated rings. The quantitative estimate of drug-likeness (QED) is 0.646. The number of aliphatic hydroxyl groups is 1. The predicted molar refractivity (Wildman–Crippen MR) is 59.9 cm³/mol. The van der Waals surface area contributed by atoms with Crippen LogP contribution in [0.1, 0.15) is 23.7 Å². The van der Waals surface area contributed by atoms with E-state index in [1.54, 1.807) is 0 Å². The van der Waals surface area contributed by atoms with Crippen molar-refractivity contribution in [3.63, 3.8) is 0 Å². The van der Waals surface area contributed by atoms with Crippen LogP contribution in [0.15, 0.2) is 24.3 Å². The van der Waals surface area contributed by atoms with Crippen LogP contribution in [0.3, 0.4) is 0 Å². The fraction of sp³-hybridized carbons (Fsp3) is 0.500. The number of alkyl halides is 6. The number of nitrogens with one attached hydrogen (secondary N) is 1. The van der Waals surface area contributed by atoms with E-state index in [9.17, 15) is 31.4 Å². The minimum Gasteiger partial charge on any atom is -0.387 e. The first-order valence-corrected chi connectivity index (χ1v) is 5.72. The van der Waals surface area contributed by atoms with E-state index < -0.39 is 30.4 Å². The zero-order chi connectivity index (χ0) is 15.4. The maximum atomic E-state index is 12.3. The van der Waals surface area contributed by atoms with Crippen LogP contribution in [-0.2, 0) is 6.18 Å². The highest BCUT2D eigenvalue weighted by Gasteiger charge is 2.30. The molecule has 0 radical (unpaired) electrons. The molecule has 8 heteroatoms. The zero-order valence-electron chi connectivity index (χ0n) is 10.2. The topological polar surface area (TPSA) is 32.3 Å². The van der Waals surface area contributed by atoms with E-state index in [0.29, 0.717) is 0 Å². The number of halogens is 6. The lowest BCUT2D eigenvalue weighted by Gasteiger charge is -2.14. The Hall–Kier alpha value is -1.28. The van der Waals surface area contributed by atoms with E-state index in [1.165, 1.54) is 0 Å². The van der Waals surface area contributed by atoms with Crippen molar-refractivity contribution in [1.29, 1.82) is 0 Å². The van der Waals surface area contributed by atoms with Gasteiger partial charge >= 0.3 is 12.4 Å². The lowest BCUT2D eigenvalue weighted by molar-refractivity contribution is -0.137. The third kappa shape index (κ3) is 5.79. The van der Waals surface area contributed by atoms with Crippen LogP contribution in [-0.4, -0.2) is 24.4 Å². The Morgan fingerprint density at radius 2 is 1.55 bits per heavy atom. The molecule has 0 saturated carbocycles. The molecule has 0 heterocycles. The van der Waals surface area contributed by atoms with Crippen molar-refractivity contribution in [2.24, 2.45) is 0 Å². The highest BCUT2D eigenvalue weighted by molar-refractivity contribution is 5.26. The van der Waals surface area contributed by atoms with Crippen molar-refractivity contribution in [1.82, 2.24) is 5.32 Å². The molecule has 20 heavy (non-hydrogen) atoms. The van der Waals surface area contributed by atoms with Gasteiger partial charge in [0.1, 0.15) is 0 Å². The fourth-order valence-corrected chi connectivity index (χ4v) is 1.48. The number of aliphatic hydroxyl groups excluding tert-OH is 1. The van der Waals surface area contributed by atoms with E-state index in [2.05, 4.69) is 5.32 Å². The van der Waals surface area contributed by atoms with Gasteiger partial charge in [0.15, 0.2) is 0 Å². The van der Waals surface area contributed by atoms with Crippen molar-refractivity contribution < 1.29 is 31.4 Å². The Balaban J connectivity index is 2.46. The highest BCUT2D eigenvalue weighted by Crippen LogP contribution is 2.29. The molecule has 1 atom stereocenters. The van der Waals surface area contributed by atoms with Gasteiger partial charge in [-0.2, -0.15) is 26.3 Å². The van der Waals surface area contributed by atoms with Crippen LogP contribution in [0.2, 0.25) is 0 Å². The molecule has 1 aromatic rings. The Bertz CT molecular complexity index is 411. The van der Waals surface area contributed by atoms with Crippen LogP contribution in [0.25, 0.3) is 0 Å². The summed E-state index contributed by atoms with van der Waals surface area (Å²) in [5.41, 5.74) is -0.643. The van der Waals surface area contributed by atoms with Crippen molar-refractivity contribution in [2.45, 2.75) is 24.9 Å². The average molecular weight is 301 g/mol. The molecular formula is C12H13F6NO. The molecule has 1 rings (SSSR count). The Labute approximate surface area is 111 Å². The van der Waals surface area contributed by atoms with Crippen LogP contribution >= 0.6 is 0 Å². The minimum absolute atomic E-state index is 0.165. The first kappa shape index (κ1) is 16.8. The third-order valence-electron chi connectivity index (χ3n) is 2.55. The van der Waals surface area contributed by atoms with E-state index >= 15 is 0 Å². The smallest absolute Gasteiger partial charge is 0.387 e. The largest absolute Gasteiger partial charge is 0.416 e. The lowest BCUT2D eigenvalue weighted by Crippen LogP contribution is -2.26. The number of benzene rings is 1. The van der Waals surface area contributed by atoms with Crippen LogP contribution in [0, 0.1) is 0 Å². The van der Waals surface area contributed by atoms with E-state index in [1.807, 2.05) is 0 Å². The number of hydrogen-bond acceptors (Lipinski definition) is 2. The Morgan fingerprint density at radius 3 is 2.00 bits per heavy atom. The summed E-state index contributed by atoms with van der Waals surface area (Å²) in [5.74, 6) is 0. The van der Waals surface area contributed by atoms with Gasteiger partial charge in [0, 0.05) is 13.1 Å². The molecule has 0 aliphatic rings. The molecule has 0 spiro atoms. The van der Waals surface area contributed by atoms with Gasteiger partial charge in [-0.3, -0.25) is 0 Å². The van der Waals surface area contributed by atoms with Crippen molar-refractivity contribution in [3.8, 4) is 0 Å². The average Bonchev–Trinajstić information content (AvgIpc) is 2.32. The second-order valence-electron chi connectivity index (χ2n) is 4.20. The monoisotopic (exact) mass is 301 g/mol. The second-order valence-corrected chi connectivity index (χ2v) is 4.20. The standard InChI is InChI=1S/C12H13F6NO/c13-11(14,15)5-6-19-7-10(20)8-1-3-9(4-2-8)12(16,17)18/h1-4,10,19-20H,5-7H2. The van der Waals surface area contributed by atoms with Gasteiger partial charge in [-0.15, -0.1) is 0 Å². The van der Waals surface area contributed by atoms with Gasteiger partial charge in [0.05, 0.1) is 18.1 Å². The van der Waals surface area contributed by atoms with Crippen molar-refractivity contribution in [2.75, 3.05) is 13.1 Å². The Kier molecular flexibility index (Phi) is 5.41. The molecule has 0 aromatic heterocycles. The molecule has 114 valence electrons. The molecular weight excluding hydrogens is 288 g/mol. The first-order valence-electron chi connectivity index (χ1n) is 5.72. The number of hydrogen-bond donors (Lipinski definition) is 2. The molecule has 0 bridgehead atoms. The lowest BCUT2D eigenvalue weighted by atomic mass is 10.1. The van der Waals surface area contributed by atoms with E-state index in [-0.39, 0.29) is 18.7 Å². The number of rotatable bonds is 5. The van der Waals surface area contributed by atoms with Gasteiger partial charge in [-0.1, -0.05) is 12.1 Å². The zero-order valence-corrected chi connectivity index (χ0v) is 10.2. The summed E-state index contributed by atoms with van der Waals surface area (Å²) >= 11 is 0. The maximum absolute atomic E-state index is 12.3. The van der Waals surface area contributed by atoms with Gasteiger partial charge in [0.25, 0.3) is 0 Å². The van der Waals surface area contributed by atoms with Crippen molar-refractivity contribution in [3.05, 3.63) is 35.4 Å². The van der Waals surface area contributed by atoms with Gasteiger partial charge < -0.3 is 10.4 Å². The molecule has 0 aliphatic heterocycles. The van der Waals surface area contributed by atoms with Crippen LogP contribution < -0.4 is 5.32 Å². The van der Waals surface area contributed by atoms with Gasteiger partial charge in [-0.25, -0.2) is 0 Å². The molecule has 2 nitrogen and oxygen atoms in total. The highest BCUT2D eigenvalue weighted by atomic mass is 19.4. The van der Waals surface area contributed by atoms with Gasteiger partial charge in [0.2, 0.25) is 0 Å². The first-order chi connectivity index (χ1) is 9.09. The molecule has 1 unspecified atom stereocenters. The summed E-state index contributed by atoms with van der Waals surface area (Å²) in [6.07, 6.45) is -10.9. The summed E-state index contributed by atoms with van der Waals surface area (Å²) in [6, 6.07) is 3.82. The molecule has 2 N–H and O–H groups in total. The Morgan fingerprint density at radius 1 is 1.00 bits per heavy atom. The second kappa shape index (κ2) is 6.45. The molecule has 1 aromatic carbocycles.